The van der Waals surface area contributed by atoms with Crippen LogP contribution in [-0.2, 0) is 42.3 Å². The van der Waals surface area contributed by atoms with Gasteiger partial charge in [0.15, 0.2) is 6.73 Å². The molecule has 3 amide bonds. The number of carbonyl (C=O) groups excluding carboxylic acids is 4. The second-order valence-corrected chi connectivity index (χ2v) is 9.98. The van der Waals surface area contributed by atoms with Gasteiger partial charge in [0.1, 0.15) is 18.1 Å². The molecule has 0 radical (unpaired) electrons. The number of imide groups is 1. The zero-order valence-electron chi connectivity index (χ0n) is 22.8. The minimum Gasteiger partial charge on any atom is -0.445 e. The standard InChI is InChI=1S/C34H30N2O6/c37-30-22-34(27-17-9-3-10-18-27,28-19-11-4-12-20-28)32(39)36(30)24-42-31(38)29(21-25-13-5-1-6-14-25)35-33(40)41-23-26-15-7-2-8-16-26/h1-20,29H,21-24H2,(H,35,40)/t29-/m0/s1. The third-order valence-electron chi connectivity index (χ3n) is 7.27. The summed E-state index contributed by atoms with van der Waals surface area (Å²) >= 11 is 0. The summed E-state index contributed by atoms with van der Waals surface area (Å²) in [6.07, 6.45) is -0.772. The fourth-order valence-corrected chi connectivity index (χ4v) is 5.11. The Hall–Kier alpha value is -5.24. The zero-order valence-corrected chi connectivity index (χ0v) is 22.8. The lowest BCUT2D eigenvalue weighted by Crippen LogP contribution is -2.46. The van der Waals surface area contributed by atoms with E-state index in [1.165, 1.54) is 0 Å². The molecule has 0 aliphatic carbocycles. The third kappa shape index (κ3) is 6.23. The fourth-order valence-electron chi connectivity index (χ4n) is 5.11. The molecule has 5 rings (SSSR count). The summed E-state index contributed by atoms with van der Waals surface area (Å²) in [6, 6.07) is 35.4. The molecule has 4 aromatic carbocycles. The van der Waals surface area contributed by atoms with Crippen molar-refractivity contribution in [3.05, 3.63) is 144 Å². The predicted octanol–water partition coefficient (Wildman–Crippen LogP) is 4.77. The summed E-state index contributed by atoms with van der Waals surface area (Å²) in [5.74, 6) is -1.74. The van der Waals surface area contributed by atoms with Crippen molar-refractivity contribution in [3.63, 3.8) is 0 Å². The monoisotopic (exact) mass is 562 g/mol. The third-order valence-corrected chi connectivity index (χ3v) is 7.27. The number of benzene rings is 4. The number of likely N-dealkylation sites (tertiary alicyclic amines) is 1. The van der Waals surface area contributed by atoms with Gasteiger partial charge >= 0.3 is 12.1 Å². The molecule has 0 unspecified atom stereocenters. The van der Waals surface area contributed by atoms with Gasteiger partial charge < -0.3 is 14.8 Å². The van der Waals surface area contributed by atoms with E-state index in [9.17, 15) is 19.2 Å². The minimum atomic E-state index is -1.24. The normalized spacial score (nSPS) is 14.7. The molecule has 0 aromatic heterocycles. The maximum Gasteiger partial charge on any atom is 0.408 e. The molecule has 1 aliphatic heterocycles. The number of esters is 1. The van der Waals surface area contributed by atoms with E-state index < -0.39 is 42.1 Å². The van der Waals surface area contributed by atoms with Gasteiger partial charge in [-0.1, -0.05) is 121 Å². The van der Waals surface area contributed by atoms with Crippen LogP contribution in [0.3, 0.4) is 0 Å². The smallest absolute Gasteiger partial charge is 0.408 e. The lowest BCUT2D eigenvalue weighted by Gasteiger charge is -2.28. The molecule has 1 fully saturated rings. The van der Waals surface area contributed by atoms with Crippen LogP contribution in [0.4, 0.5) is 4.79 Å². The van der Waals surface area contributed by atoms with E-state index in [0.717, 1.165) is 16.0 Å². The SMILES string of the molecule is O=C(N[C@@H](Cc1ccccc1)C(=O)OCN1C(=O)CC(c2ccccc2)(c2ccccc2)C1=O)OCc1ccccc1. The van der Waals surface area contributed by atoms with Crippen LogP contribution in [0.2, 0.25) is 0 Å². The number of carbonyl (C=O) groups is 4. The molecule has 1 N–H and O–H groups in total. The average Bonchev–Trinajstić information content (AvgIpc) is 3.30. The molecule has 0 bridgehead atoms. The molecule has 1 aliphatic rings. The highest BCUT2D eigenvalue weighted by Crippen LogP contribution is 2.42. The molecule has 1 saturated heterocycles. The van der Waals surface area contributed by atoms with Crippen molar-refractivity contribution in [2.45, 2.75) is 30.9 Å². The number of rotatable bonds is 10. The van der Waals surface area contributed by atoms with Crippen LogP contribution < -0.4 is 5.32 Å². The van der Waals surface area contributed by atoms with Gasteiger partial charge in [-0.3, -0.25) is 9.59 Å². The Morgan fingerprint density at radius 1 is 0.714 bits per heavy atom. The Morgan fingerprint density at radius 3 is 1.76 bits per heavy atom. The number of hydrogen-bond acceptors (Lipinski definition) is 6. The Bertz CT molecular complexity index is 1490. The first-order valence-corrected chi connectivity index (χ1v) is 13.6. The Kier molecular flexibility index (Phi) is 8.72. The zero-order chi connectivity index (χ0) is 29.4. The van der Waals surface area contributed by atoms with E-state index in [0.29, 0.717) is 11.1 Å². The molecule has 212 valence electrons. The number of nitrogens with zero attached hydrogens (tertiary/aromatic N) is 1. The van der Waals surface area contributed by atoms with Crippen LogP contribution in [0.25, 0.3) is 0 Å². The van der Waals surface area contributed by atoms with Gasteiger partial charge in [0.05, 0.1) is 6.42 Å². The molecule has 0 spiro atoms. The molecule has 1 atom stereocenters. The van der Waals surface area contributed by atoms with Gasteiger partial charge in [-0.15, -0.1) is 0 Å². The highest BCUT2D eigenvalue weighted by molar-refractivity contribution is 6.11. The Balaban J connectivity index is 1.31. The molecule has 0 saturated carbocycles. The number of alkyl carbamates (subject to hydrolysis) is 1. The number of ether oxygens (including phenoxy) is 2. The van der Waals surface area contributed by atoms with Crippen LogP contribution in [0.15, 0.2) is 121 Å². The van der Waals surface area contributed by atoms with Gasteiger partial charge in [-0.05, 0) is 22.3 Å². The second-order valence-electron chi connectivity index (χ2n) is 9.98. The molecule has 8 heteroatoms. The highest BCUT2D eigenvalue weighted by Gasteiger charge is 2.54. The van der Waals surface area contributed by atoms with Crippen LogP contribution in [0, 0.1) is 0 Å². The van der Waals surface area contributed by atoms with Gasteiger partial charge in [-0.2, -0.15) is 0 Å². The summed E-state index contributed by atoms with van der Waals surface area (Å²) in [6.45, 7) is -0.554. The van der Waals surface area contributed by atoms with E-state index >= 15 is 0 Å². The minimum absolute atomic E-state index is 0.0254. The quantitative estimate of drug-likeness (QED) is 0.221. The van der Waals surface area contributed by atoms with Gasteiger partial charge in [-0.25, -0.2) is 14.5 Å². The maximum atomic E-state index is 13.9. The van der Waals surface area contributed by atoms with Crippen LogP contribution in [-0.4, -0.2) is 41.5 Å². The first-order valence-electron chi connectivity index (χ1n) is 13.6. The topological polar surface area (TPSA) is 102 Å². The van der Waals surface area contributed by atoms with Crippen molar-refractivity contribution < 1.29 is 28.7 Å². The first kappa shape index (κ1) is 28.3. The molecule has 42 heavy (non-hydrogen) atoms. The van der Waals surface area contributed by atoms with E-state index in [-0.39, 0.29) is 19.4 Å². The van der Waals surface area contributed by atoms with Crippen molar-refractivity contribution in [1.29, 1.82) is 0 Å². The molecular formula is C34H30N2O6. The highest BCUT2D eigenvalue weighted by atomic mass is 16.6. The summed E-state index contributed by atoms with van der Waals surface area (Å²) in [7, 11) is 0. The summed E-state index contributed by atoms with van der Waals surface area (Å²) in [5, 5.41) is 2.58. The summed E-state index contributed by atoms with van der Waals surface area (Å²) < 4.78 is 10.8. The van der Waals surface area contributed by atoms with Crippen molar-refractivity contribution in [1.82, 2.24) is 10.2 Å². The van der Waals surface area contributed by atoms with Crippen LogP contribution >= 0.6 is 0 Å². The largest absolute Gasteiger partial charge is 0.445 e. The summed E-state index contributed by atoms with van der Waals surface area (Å²) in [5.41, 5.74) is 1.68. The predicted molar refractivity (Wildman–Crippen MR) is 155 cm³/mol. The fraction of sp³-hybridized carbons (Fsp3) is 0.176. The van der Waals surface area contributed by atoms with Gasteiger partial charge in [0.2, 0.25) is 11.8 Å². The number of nitrogens with one attached hydrogen (secondary N) is 1. The second kappa shape index (κ2) is 13.0. The first-order chi connectivity index (χ1) is 20.5. The molecule has 8 nitrogen and oxygen atoms in total. The van der Waals surface area contributed by atoms with Gasteiger partial charge in [0.25, 0.3) is 0 Å². The van der Waals surface area contributed by atoms with Crippen molar-refractivity contribution >= 4 is 23.9 Å². The van der Waals surface area contributed by atoms with Gasteiger partial charge in [0, 0.05) is 6.42 Å². The lowest BCUT2D eigenvalue weighted by molar-refractivity contribution is -0.157. The lowest BCUT2D eigenvalue weighted by atomic mass is 9.73. The molecule has 1 heterocycles. The van der Waals surface area contributed by atoms with Crippen molar-refractivity contribution in [3.8, 4) is 0 Å². The number of hydrogen-bond donors (Lipinski definition) is 1. The summed E-state index contributed by atoms with van der Waals surface area (Å²) in [4.78, 5) is 54.1. The average molecular weight is 563 g/mol. The molecule has 4 aromatic rings. The van der Waals surface area contributed by atoms with Crippen LogP contribution in [0.1, 0.15) is 28.7 Å². The van der Waals surface area contributed by atoms with Crippen molar-refractivity contribution in [2.24, 2.45) is 0 Å². The Morgan fingerprint density at radius 2 is 1.21 bits per heavy atom. The van der Waals surface area contributed by atoms with E-state index in [2.05, 4.69) is 5.32 Å². The maximum absolute atomic E-state index is 13.9. The van der Waals surface area contributed by atoms with E-state index in [4.69, 9.17) is 9.47 Å². The van der Waals surface area contributed by atoms with Crippen LogP contribution in [0.5, 0.6) is 0 Å². The Labute approximate surface area is 243 Å². The molecular weight excluding hydrogens is 532 g/mol. The van der Waals surface area contributed by atoms with E-state index in [1.807, 2.05) is 121 Å². The number of amides is 3. The van der Waals surface area contributed by atoms with E-state index in [1.54, 1.807) is 0 Å². The van der Waals surface area contributed by atoms with Crippen molar-refractivity contribution in [2.75, 3.05) is 6.73 Å².